The summed E-state index contributed by atoms with van der Waals surface area (Å²) in [4.78, 5) is 43.5. The Kier molecular flexibility index (Phi) is 7.64. The summed E-state index contributed by atoms with van der Waals surface area (Å²) >= 11 is 1.21. The van der Waals surface area contributed by atoms with E-state index < -0.39 is 18.0 Å². The topological polar surface area (TPSA) is 111 Å². The summed E-state index contributed by atoms with van der Waals surface area (Å²) in [7, 11) is 0. The molecule has 4 aromatic rings. The highest BCUT2D eigenvalue weighted by Crippen LogP contribution is 2.32. The minimum absolute atomic E-state index is 0.158. The Morgan fingerprint density at radius 3 is 2.51 bits per heavy atom. The highest BCUT2D eigenvalue weighted by molar-refractivity contribution is 7.07. The first-order chi connectivity index (χ1) is 19.6. The van der Waals surface area contributed by atoms with E-state index in [0.29, 0.717) is 43.6 Å². The summed E-state index contributed by atoms with van der Waals surface area (Å²) in [6, 6.07) is 15.6. The Morgan fingerprint density at radius 2 is 1.85 bits per heavy atom. The number of aromatic nitrogens is 1. The zero-order valence-electron chi connectivity index (χ0n) is 23.4. The van der Waals surface area contributed by atoms with Gasteiger partial charge in [-0.05, 0) is 67.6 Å². The number of carbonyl (C=O) groups excluding carboxylic acids is 1. The van der Waals surface area contributed by atoms with Crippen LogP contribution in [0.4, 0.5) is 0 Å². The lowest BCUT2D eigenvalue weighted by Gasteiger charge is -2.25. The van der Waals surface area contributed by atoms with Crippen LogP contribution in [0.3, 0.4) is 0 Å². The first-order valence-electron chi connectivity index (χ1n) is 13.3. The van der Waals surface area contributed by atoms with E-state index >= 15 is 0 Å². The lowest BCUT2D eigenvalue weighted by Crippen LogP contribution is -2.39. The van der Waals surface area contributed by atoms with E-state index in [2.05, 4.69) is 18.8 Å². The van der Waals surface area contributed by atoms with E-state index in [1.165, 1.54) is 11.3 Å². The molecule has 0 bridgehead atoms. The molecule has 0 amide bonds. The van der Waals surface area contributed by atoms with Crippen molar-refractivity contribution in [3.63, 3.8) is 0 Å². The minimum Gasteiger partial charge on any atom is -0.478 e. The molecule has 0 saturated carbocycles. The van der Waals surface area contributed by atoms with Gasteiger partial charge in [0.1, 0.15) is 11.5 Å². The molecule has 0 aliphatic carbocycles. The van der Waals surface area contributed by atoms with Crippen molar-refractivity contribution in [3.05, 3.63) is 114 Å². The molecule has 1 aliphatic heterocycles. The Morgan fingerprint density at radius 1 is 1.12 bits per heavy atom. The number of nitrogens with zero attached hydrogens (tertiary/aromatic N) is 2. The van der Waals surface area contributed by atoms with E-state index in [9.17, 15) is 19.5 Å². The van der Waals surface area contributed by atoms with Crippen molar-refractivity contribution < 1.29 is 23.8 Å². The largest absolute Gasteiger partial charge is 0.478 e. The van der Waals surface area contributed by atoms with Gasteiger partial charge in [0.25, 0.3) is 5.56 Å². The number of rotatable bonds is 7. The van der Waals surface area contributed by atoms with Gasteiger partial charge in [0, 0.05) is 11.6 Å². The second kappa shape index (κ2) is 11.2. The fourth-order valence-corrected chi connectivity index (χ4v) is 5.92. The van der Waals surface area contributed by atoms with Crippen molar-refractivity contribution >= 4 is 29.4 Å². The fraction of sp³-hybridized carbons (Fsp3) is 0.250. The second-order valence-corrected chi connectivity index (χ2v) is 11.2. The fourth-order valence-electron chi connectivity index (χ4n) is 4.89. The molecular formula is C32H30N2O6S. The molecule has 2 aromatic heterocycles. The van der Waals surface area contributed by atoms with Gasteiger partial charge >= 0.3 is 11.9 Å². The molecule has 1 atom stereocenters. The SMILES string of the molecule is CCOC(=O)C1=C(C)N=c2s/c(=C\c3ccc(-c4cc(C(=O)O)ccc4C)o3)c(=O)n2[C@@H]1c1ccc(C(C)C)cc1. The monoisotopic (exact) mass is 570 g/mol. The van der Waals surface area contributed by atoms with Crippen LogP contribution in [-0.4, -0.2) is 28.2 Å². The smallest absolute Gasteiger partial charge is 0.338 e. The summed E-state index contributed by atoms with van der Waals surface area (Å²) in [5.74, 6) is -0.264. The van der Waals surface area contributed by atoms with Crippen molar-refractivity contribution in [3.8, 4) is 11.3 Å². The number of hydrogen-bond acceptors (Lipinski definition) is 7. The molecule has 41 heavy (non-hydrogen) atoms. The number of aromatic carboxylic acids is 1. The molecule has 0 radical (unpaired) electrons. The summed E-state index contributed by atoms with van der Waals surface area (Å²) < 4.78 is 13.3. The van der Waals surface area contributed by atoms with Gasteiger partial charge in [-0.2, -0.15) is 0 Å². The molecular weight excluding hydrogens is 540 g/mol. The van der Waals surface area contributed by atoms with Crippen molar-refractivity contribution in [1.82, 2.24) is 4.57 Å². The number of hydrogen-bond donors (Lipinski definition) is 1. The second-order valence-electron chi connectivity index (χ2n) is 10.2. The van der Waals surface area contributed by atoms with Gasteiger partial charge in [0.15, 0.2) is 4.80 Å². The van der Waals surface area contributed by atoms with Gasteiger partial charge in [-0.15, -0.1) is 0 Å². The van der Waals surface area contributed by atoms with Crippen molar-refractivity contribution in [2.45, 2.75) is 46.6 Å². The maximum absolute atomic E-state index is 13.9. The van der Waals surface area contributed by atoms with Crippen molar-refractivity contribution in [2.24, 2.45) is 4.99 Å². The van der Waals surface area contributed by atoms with Gasteiger partial charge in [-0.1, -0.05) is 55.5 Å². The predicted molar refractivity (Wildman–Crippen MR) is 157 cm³/mol. The van der Waals surface area contributed by atoms with Crippen LogP contribution in [-0.2, 0) is 9.53 Å². The number of fused-ring (bicyclic) bond motifs is 1. The number of carboxylic acid groups (broad SMARTS) is 1. The zero-order chi connectivity index (χ0) is 29.4. The van der Waals surface area contributed by atoms with E-state index in [1.54, 1.807) is 54.8 Å². The number of furan rings is 1. The van der Waals surface area contributed by atoms with Gasteiger partial charge in [-0.3, -0.25) is 9.36 Å². The number of thiazole rings is 1. The molecule has 0 fully saturated rings. The average Bonchev–Trinajstić information content (AvgIpc) is 3.52. The third-order valence-electron chi connectivity index (χ3n) is 7.09. The zero-order valence-corrected chi connectivity index (χ0v) is 24.2. The number of carbonyl (C=O) groups is 2. The van der Waals surface area contributed by atoms with Crippen LogP contribution in [0, 0.1) is 6.92 Å². The van der Waals surface area contributed by atoms with E-state index in [1.807, 2.05) is 31.2 Å². The molecule has 0 saturated heterocycles. The van der Waals surface area contributed by atoms with Gasteiger partial charge < -0.3 is 14.3 Å². The van der Waals surface area contributed by atoms with Crippen LogP contribution in [0.25, 0.3) is 17.4 Å². The average molecular weight is 571 g/mol. The number of aryl methyl sites for hydroxylation is 1. The molecule has 210 valence electrons. The van der Waals surface area contributed by atoms with E-state index in [4.69, 9.17) is 9.15 Å². The number of carboxylic acids is 1. The molecule has 5 rings (SSSR count). The van der Waals surface area contributed by atoms with Gasteiger partial charge in [0.05, 0.1) is 34.0 Å². The van der Waals surface area contributed by atoms with E-state index in [-0.39, 0.29) is 17.7 Å². The maximum Gasteiger partial charge on any atom is 0.338 e. The minimum atomic E-state index is -1.02. The van der Waals surface area contributed by atoms with Crippen molar-refractivity contribution in [2.75, 3.05) is 6.61 Å². The normalized spacial score (nSPS) is 15.2. The highest BCUT2D eigenvalue weighted by Gasteiger charge is 2.33. The van der Waals surface area contributed by atoms with Crippen molar-refractivity contribution in [1.29, 1.82) is 0 Å². The molecule has 9 heteroatoms. The number of benzene rings is 2. The van der Waals surface area contributed by atoms with E-state index in [0.717, 1.165) is 16.7 Å². The van der Waals surface area contributed by atoms with Crippen LogP contribution in [0.15, 0.2) is 80.1 Å². The Balaban J connectivity index is 1.62. The number of allylic oxidation sites excluding steroid dienone is 1. The Hall–Kier alpha value is -4.50. The van der Waals surface area contributed by atoms with Crippen LogP contribution in [0.5, 0.6) is 0 Å². The molecule has 1 N–H and O–H groups in total. The molecule has 0 spiro atoms. The summed E-state index contributed by atoms with van der Waals surface area (Å²) in [6.45, 7) is 9.79. The van der Waals surface area contributed by atoms with Crippen LogP contribution in [0.2, 0.25) is 0 Å². The summed E-state index contributed by atoms with van der Waals surface area (Å²) in [6.07, 6.45) is 1.64. The molecule has 8 nitrogen and oxygen atoms in total. The lowest BCUT2D eigenvalue weighted by molar-refractivity contribution is -0.139. The first-order valence-corrected chi connectivity index (χ1v) is 14.1. The van der Waals surface area contributed by atoms with Gasteiger partial charge in [0.2, 0.25) is 0 Å². The number of ether oxygens (including phenoxy) is 1. The highest BCUT2D eigenvalue weighted by atomic mass is 32.1. The third kappa shape index (κ3) is 5.32. The van der Waals surface area contributed by atoms with Crippen LogP contribution < -0.4 is 14.9 Å². The Bertz CT molecular complexity index is 1870. The molecule has 0 unspecified atom stereocenters. The van der Waals surface area contributed by atoms with Crippen LogP contribution in [0.1, 0.15) is 72.5 Å². The maximum atomic E-state index is 13.9. The number of esters is 1. The predicted octanol–water partition coefficient (Wildman–Crippen LogP) is 5.19. The molecule has 2 aromatic carbocycles. The third-order valence-corrected chi connectivity index (χ3v) is 8.07. The standard InChI is InChI=1S/C32H30N2O6S/c1-6-39-31(38)27-19(5)33-32-34(28(27)21-11-9-20(10-12-21)17(2)3)29(35)26(41-32)16-23-13-14-25(40-23)24-15-22(30(36)37)8-7-18(24)4/h7-17,28H,6H2,1-5H3,(H,36,37)/b26-16-/t28-/m1/s1. The molecule has 1 aliphatic rings. The Labute approximate surface area is 240 Å². The van der Waals surface area contributed by atoms with Gasteiger partial charge in [-0.25, -0.2) is 14.6 Å². The quantitative estimate of drug-likeness (QED) is 0.306. The first kappa shape index (κ1) is 28.0. The lowest BCUT2D eigenvalue weighted by atomic mass is 9.93. The molecule has 3 heterocycles. The summed E-state index contributed by atoms with van der Waals surface area (Å²) in [5.41, 5.74) is 4.14. The summed E-state index contributed by atoms with van der Waals surface area (Å²) in [5, 5.41) is 9.39. The van der Waals surface area contributed by atoms with Crippen LogP contribution >= 0.6 is 11.3 Å².